The smallest absolute Gasteiger partial charge is 0.161 e. The fraction of sp³-hybridized carbons (Fsp3) is 0.583. The van der Waals surface area contributed by atoms with Gasteiger partial charge < -0.3 is 9.84 Å². The normalized spacial score (nSPS) is 25.0. The molecule has 0 aliphatic carbocycles. The monoisotopic (exact) mass is 240 g/mol. The molecule has 0 radical (unpaired) electrons. The summed E-state index contributed by atoms with van der Waals surface area (Å²) in [5.74, 6) is 0.0415. The van der Waals surface area contributed by atoms with Crippen LogP contribution in [0.15, 0.2) is 0 Å². The molecule has 1 fully saturated rings. The van der Waals surface area contributed by atoms with Crippen LogP contribution in [0, 0.1) is 13.8 Å². The Morgan fingerprint density at radius 1 is 1.38 bits per heavy atom. The first kappa shape index (κ1) is 11.8. The second-order valence-electron chi connectivity index (χ2n) is 4.27. The van der Waals surface area contributed by atoms with Crippen molar-refractivity contribution < 1.29 is 14.6 Å². The van der Waals surface area contributed by atoms with Gasteiger partial charge in [0.15, 0.2) is 5.78 Å². The summed E-state index contributed by atoms with van der Waals surface area (Å²) in [6, 6.07) is 0. The lowest BCUT2D eigenvalue weighted by Gasteiger charge is -2.14. The van der Waals surface area contributed by atoms with Crippen molar-refractivity contribution in [2.24, 2.45) is 0 Å². The summed E-state index contributed by atoms with van der Waals surface area (Å²) in [5, 5.41) is 9.85. The van der Waals surface area contributed by atoms with E-state index in [1.165, 1.54) is 0 Å². The fourth-order valence-electron chi connectivity index (χ4n) is 2.40. The van der Waals surface area contributed by atoms with Gasteiger partial charge in [-0.25, -0.2) is 0 Å². The molecule has 1 aromatic heterocycles. The molecule has 1 aliphatic rings. The van der Waals surface area contributed by atoms with Gasteiger partial charge in [0.2, 0.25) is 0 Å². The number of hydrogen-bond acceptors (Lipinski definition) is 4. The third kappa shape index (κ3) is 1.81. The Labute approximate surface area is 99.1 Å². The van der Waals surface area contributed by atoms with Crippen LogP contribution in [0.1, 0.15) is 38.5 Å². The number of hydrogen-bond donors (Lipinski definition) is 1. The molecule has 0 amide bonds. The standard InChI is InChI=1S/C12H16O3S/c1-6(13)11-7(2)16-8(3)12(11)9-4-15-5-10(9)14/h9-10,14H,4-5H2,1-3H3. The zero-order valence-electron chi connectivity index (χ0n) is 9.74. The molecule has 2 atom stereocenters. The van der Waals surface area contributed by atoms with Crippen LogP contribution >= 0.6 is 11.3 Å². The summed E-state index contributed by atoms with van der Waals surface area (Å²) in [5.41, 5.74) is 1.79. The third-order valence-corrected chi connectivity index (χ3v) is 4.12. The topological polar surface area (TPSA) is 46.5 Å². The number of rotatable bonds is 2. The minimum atomic E-state index is -0.481. The number of ketones is 1. The van der Waals surface area contributed by atoms with Crippen molar-refractivity contribution in [3.8, 4) is 0 Å². The lowest BCUT2D eigenvalue weighted by Crippen LogP contribution is -2.18. The van der Waals surface area contributed by atoms with Gasteiger partial charge in [0, 0.05) is 21.2 Å². The van der Waals surface area contributed by atoms with Crippen LogP contribution in [-0.2, 0) is 4.74 Å². The van der Waals surface area contributed by atoms with Gasteiger partial charge in [-0.05, 0) is 26.3 Å². The van der Waals surface area contributed by atoms with Crippen molar-refractivity contribution in [3.63, 3.8) is 0 Å². The minimum Gasteiger partial charge on any atom is -0.390 e. The third-order valence-electron chi connectivity index (χ3n) is 3.08. The number of thiophene rings is 1. The summed E-state index contributed by atoms with van der Waals surface area (Å²) in [6.45, 7) is 6.43. The van der Waals surface area contributed by atoms with E-state index >= 15 is 0 Å². The van der Waals surface area contributed by atoms with Gasteiger partial charge in [0.1, 0.15) is 0 Å². The van der Waals surface area contributed by atoms with Crippen molar-refractivity contribution >= 4 is 17.1 Å². The Kier molecular flexibility index (Phi) is 3.15. The fourth-order valence-corrected chi connectivity index (χ4v) is 3.58. The molecule has 88 valence electrons. The van der Waals surface area contributed by atoms with E-state index in [4.69, 9.17) is 4.74 Å². The van der Waals surface area contributed by atoms with E-state index in [2.05, 4.69) is 0 Å². The molecule has 2 unspecified atom stereocenters. The molecular weight excluding hydrogens is 224 g/mol. The van der Waals surface area contributed by atoms with Crippen LogP contribution < -0.4 is 0 Å². The second-order valence-corrected chi connectivity index (χ2v) is 5.70. The summed E-state index contributed by atoms with van der Waals surface area (Å²) < 4.78 is 5.27. The molecule has 1 aliphatic heterocycles. The van der Waals surface area contributed by atoms with E-state index in [9.17, 15) is 9.90 Å². The highest BCUT2D eigenvalue weighted by molar-refractivity contribution is 7.12. The van der Waals surface area contributed by atoms with Gasteiger partial charge in [-0.1, -0.05) is 0 Å². The van der Waals surface area contributed by atoms with Crippen LogP contribution in [0.25, 0.3) is 0 Å². The average Bonchev–Trinajstić information content (AvgIpc) is 2.69. The van der Waals surface area contributed by atoms with Gasteiger partial charge in [-0.15, -0.1) is 11.3 Å². The lowest BCUT2D eigenvalue weighted by molar-refractivity contribution is 0.101. The maximum Gasteiger partial charge on any atom is 0.161 e. The first-order valence-electron chi connectivity index (χ1n) is 5.39. The van der Waals surface area contributed by atoms with Gasteiger partial charge in [0.05, 0.1) is 19.3 Å². The number of carbonyl (C=O) groups is 1. The van der Waals surface area contributed by atoms with Crippen LogP contribution in [0.5, 0.6) is 0 Å². The molecule has 1 aromatic rings. The van der Waals surface area contributed by atoms with Gasteiger partial charge in [0.25, 0.3) is 0 Å². The molecule has 0 aromatic carbocycles. The van der Waals surface area contributed by atoms with Crippen molar-refractivity contribution in [3.05, 3.63) is 20.9 Å². The Bertz CT molecular complexity index is 422. The maximum absolute atomic E-state index is 11.6. The Morgan fingerprint density at radius 3 is 2.56 bits per heavy atom. The van der Waals surface area contributed by atoms with Crippen LogP contribution in [0.4, 0.5) is 0 Å². The molecule has 0 spiro atoms. The molecule has 0 saturated carbocycles. The van der Waals surface area contributed by atoms with E-state index < -0.39 is 6.10 Å². The van der Waals surface area contributed by atoms with Crippen LogP contribution in [0.3, 0.4) is 0 Å². The Hall–Kier alpha value is -0.710. The number of aliphatic hydroxyl groups is 1. The van der Waals surface area contributed by atoms with E-state index in [1.807, 2.05) is 13.8 Å². The highest BCUT2D eigenvalue weighted by Crippen LogP contribution is 2.37. The van der Waals surface area contributed by atoms with E-state index in [0.29, 0.717) is 13.2 Å². The number of aliphatic hydroxyl groups excluding tert-OH is 1. The first-order valence-corrected chi connectivity index (χ1v) is 6.20. The summed E-state index contributed by atoms with van der Waals surface area (Å²) >= 11 is 1.63. The summed E-state index contributed by atoms with van der Waals surface area (Å²) in [6.07, 6.45) is -0.481. The predicted molar refractivity (Wildman–Crippen MR) is 63.4 cm³/mol. The summed E-state index contributed by atoms with van der Waals surface area (Å²) in [4.78, 5) is 13.8. The Morgan fingerprint density at radius 2 is 2.06 bits per heavy atom. The molecule has 3 nitrogen and oxygen atoms in total. The molecule has 1 N–H and O–H groups in total. The van der Waals surface area contributed by atoms with Crippen LogP contribution in [0.2, 0.25) is 0 Å². The van der Waals surface area contributed by atoms with E-state index in [-0.39, 0.29) is 11.7 Å². The molecule has 16 heavy (non-hydrogen) atoms. The lowest BCUT2D eigenvalue weighted by atomic mass is 9.91. The molecule has 1 saturated heterocycles. The number of ether oxygens (including phenoxy) is 1. The van der Waals surface area contributed by atoms with Gasteiger partial charge >= 0.3 is 0 Å². The predicted octanol–water partition coefficient (Wildman–Crippen LogP) is 2.04. The zero-order chi connectivity index (χ0) is 11.9. The number of aryl methyl sites for hydroxylation is 2. The molecule has 4 heteroatoms. The van der Waals surface area contributed by atoms with Gasteiger partial charge in [-0.3, -0.25) is 4.79 Å². The van der Waals surface area contributed by atoms with Crippen molar-refractivity contribution in [2.45, 2.75) is 32.8 Å². The summed E-state index contributed by atoms with van der Waals surface area (Å²) in [7, 11) is 0. The van der Waals surface area contributed by atoms with Crippen molar-refractivity contribution in [1.82, 2.24) is 0 Å². The quantitative estimate of drug-likeness (QED) is 0.805. The highest BCUT2D eigenvalue weighted by Gasteiger charge is 2.33. The van der Waals surface area contributed by atoms with Gasteiger partial charge in [-0.2, -0.15) is 0 Å². The zero-order valence-corrected chi connectivity index (χ0v) is 10.6. The van der Waals surface area contributed by atoms with E-state index in [1.54, 1.807) is 18.3 Å². The minimum absolute atomic E-state index is 0.0381. The molecular formula is C12H16O3S. The largest absolute Gasteiger partial charge is 0.390 e. The second kappa shape index (κ2) is 4.28. The maximum atomic E-state index is 11.6. The van der Waals surface area contributed by atoms with Crippen LogP contribution in [-0.4, -0.2) is 30.2 Å². The average molecular weight is 240 g/mol. The number of Topliss-reactive ketones (excluding diaryl/α,β-unsaturated/α-hetero) is 1. The molecule has 2 heterocycles. The Balaban J connectivity index is 2.50. The van der Waals surface area contributed by atoms with E-state index in [0.717, 1.165) is 20.9 Å². The SMILES string of the molecule is CC(=O)c1c(C)sc(C)c1C1COCC1O. The molecule has 0 bridgehead atoms. The molecule has 2 rings (SSSR count). The van der Waals surface area contributed by atoms with Crippen molar-refractivity contribution in [2.75, 3.05) is 13.2 Å². The number of carbonyl (C=O) groups excluding carboxylic acids is 1. The van der Waals surface area contributed by atoms with Crippen molar-refractivity contribution in [1.29, 1.82) is 0 Å². The highest BCUT2D eigenvalue weighted by atomic mass is 32.1. The first-order chi connectivity index (χ1) is 7.52.